The summed E-state index contributed by atoms with van der Waals surface area (Å²) in [7, 11) is 1.66. The minimum Gasteiger partial charge on any atom is -0.497 e. The molecule has 0 aliphatic rings. The minimum absolute atomic E-state index is 0.124. The quantitative estimate of drug-likeness (QED) is 0.708. The van der Waals surface area contributed by atoms with E-state index in [1.807, 2.05) is 19.1 Å². The monoisotopic (exact) mass is 206 g/mol. The van der Waals surface area contributed by atoms with Crippen molar-refractivity contribution in [3.8, 4) is 5.75 Å². The number of aldehydes is 1. The van der Waals surface area contributed by atoms with Crippen LogP contribution in [-0.2, 0) is 10.2 Å². The van der Waals surface area contributed by atoms with Crippen molar-refractivity contribution in [3.05, 3.63) is 29.3 Å². The smallest absolute Gasteiger partial charge is 0.120 e. The first-order chi connectivity index (χ1) is 6.99. The third-order valence-electron chi connectivity index (χ3n) is 2.66. The summed E-state index contributed by atoms with van der Waals surface area (Å²) in [5, 5.41) is 0. The van der Waals surface area contributed by atoms with Crippen LogP contribution in [0.4, 0.5) is 0 Å². The van der Waals surface area contributed by atoms with Crippen molar-refractivity contribution in [1.29, 1.82) is 0 Å². The van der Waals surface area contributed by atoms with Crippen LogP contribution >= 0.6 is 0 Å². The zero-order valence-corrected chi connectivity index (χ0v) is 9.83. The number of benzene rings is 1. The fourth-order valence-electron chi connectivity index (χ4n) is 1.58. The molecule has 0 N–H and O–H groups in total. The fraction of sp³-hybridized carbons (Fsp3) is 0.462. The topological polar surface area (TPSA) is 26.3 Å². The lowest BCUT2D eigenvalue weighted by Gasteiger charge is -2.23. The third kappa shape index (κ3) is 2.82. The molecule has 0 atom stereocenters. The van der Waals surface area contributed by atoms with E-state index in [1.54, 1.807) is 7.11 Å². The van der Waals surface area contributed by atoms with E-state index in [1.165, 1.54) is 0 Å². The molecule has 2 heteroatoms. The summed E-state index contributed by atoms with van der Waals surface area (Å²) in [6.07, 6.45) is 1.49. The molecular formula is C13H18O2. The van der Waals surface area contributed by atoms with Gasteiger partial charge in [-0.3, -0.25) is 0 Å². The molecule has 2 nitrogen and oxygen atoms in total. The number of carbonyl (C=O) groups excluding carboxylic acids is 1. The van der Waals surface area contributed by atoms with Crippen LogP contribution in [-0.4, -0.2) is 13.4 Å². The van der Waals surface area contributed by atoms with Crippen LogP contribution in [0.2, 0.25) is 0 Å². The van der Waals surface area contributed by atoms with Crippen molar-refractivity contribution in [2.24, 2.45) is 0 Å². The van der Waals surface area contributed by atoms with E-state index in [9.17, 15) is 4.79 Å². The van der Waals surface area contributed by atoms with Crippen LogP contribution in [0.1, 0.15) is 31.4 Å². The molecule has 0 amide bonds. The maximum Gasteiger partial charge on any atom is 0.120 e. The van der Waals surface area contributed by atoms with E-state index in [-0.39, 0.29) is 5.41 Å². The Kier molecular flexibility index (Phi) is 3.51. The number of hydrogen-bond donors (Lipinski definition) is 0. The van der Waals surface area contributed by atoms with Gasteiger partial charge in [0.2, 0.25) is 0 Å². The van der Waals surface area contributed by atoms with E-state index >= 15 is 0 Å². The highest BCUT2D eigenvalue weighted by Crippen LogP contribution is 2.29. The van der Waals surface area contributed by atoms with Gasteiger partial charge in [0.05, 0.1) is 7.11 Å². The Morgan fingerprint density at radius 3 is 2.53 bits per heavy atom. The molecular weight excluding hydrogens is 188 g/mol. The highest BCUT2D eigenvalue weighted by Gasteiger charge is 2.20. The van der Waals surface area contributed by atoms with Gasteiger partial charge < -0.3 is 9.53 Å². The lowest BCUT2D eigenvalue weighted by atomic mass is 9.81. The molecule has 0 aromatic heterocycles. The molecule has 0 saturated carbocycles. The molecule has 1 aromatic carbocycles. The van der Waals surface area contributed by atoms with E-state index in [0.29, 0.717) is 6.42 Å². The Bertz CT molecular complexity index is 354. The Morgan fingerprint density at radius 1 is 1.33 bits per heavy atom. The fourth-order valence-corrected chi connectivity index (χ4v) is 1.58. The van der Waals surface area contributed by atoms with Crippen LogP contribution in [0.25, 0.3) is 0 Å². The molecule has 0 aliphatic carbocycles. The summed E-state index contributed by atoms with van der Waals surface area (Å²) in [5.74, 6) is 0.851. The first-order valence-corrected chi connectivity index (χ1v) is 5.09. The van der Waals surface area contributed by atoms with Gasteiger partial charge in [0.25, 0.3) is 0 Å². The molecule has 82 valence electrons. The van der Waals surface area contributed by atoms with Crippen molar-refractivity contribution >= 4 is 6.29 Å². The molecule has 0 bridgehead atoms. The average molecular weight is 206 g/mol. The largest absolute Gasteiger partial charge is 0.497 e. The molecule has 0 aliphatic heterocycles. The molecule has 0 heterocycles. The van der Waals surface area contributed by atoms with Gasteiger partial charge in [0.1, 0.15) is 12.0 Å². The second-order valence-electron chi connectivity index (χ2n) is 4.49. The summed E-state index contributed by atoms with van der Waals surface area (Å²) >= 11 is 0. The predicted molar refractivity (Wildman–Crippen MR) is 61.4 cm³/mol. The standard InChI is InChI=1S/C13H18O2/c1-10-7-11(9-12(8-10)15-4)13(2,3)5-6-14/h6-9H,5H2,1-4H3. The minimum atomic E-state index is -0.124. The van der Waals surface area contributed by atoms with Crippen molar-refractivity contribution in [2.45, 2.75) is 32.6 Å². The van der Waals surface area contributed by atoms with Gasteiger partial charge >= 0.3 is 0 Å². The Balaban J connectivity index is 3.12. The maximum atomic E-state index is 10.6. The Morgan fingerprint density at radius 2 is 2.00 bits per heavy atom. The summed E-state index contributed by atoms with van der Waals surface area (Å²) in [5.41, 5.74) is 2.18. The normalized spacial score (nSPS) is 11.2. The van der Waals surface area contributed by atoms with E-state index in [4.69, 9.17) is 4.74 Å². The van der Waals surface area contributed by atoms with Gasteiger partial charge in [-0.1, -0.05) is 19.9 Å². The zero-order chi connectivity index (χ0) is 11.5. The second-order valence-corrected chi connectivity index (χ2v) is 4.49. The van der Waals surface area contributed by atoms with Gasteiger partial charge in [-0.15, -0.1) is 0 Å². The first kappa shape index (κ1) is 11.8. The van der Waals surface area contributed by atoms with Crippen molar-refractivity contribution in [1.82, 2.24) is 0 Å². The summed E-state index contributed by atoms with van der Waals surface area (Å²) in [4.78, 5) is 10.6. The number of aryl methyl sites for hydroxylation is 1. The number of carbonyl (C=O) groups is 1. The average Bonchev–Trinajstić information content (AvgIpc) is 2.16. The number of hydrogen-bond acceptors (Lipinski definition) is 2. The van der Waals surface area contributed by atoms with Gasteiger partial charge in [-0.2, -0.15) is 0 Å². The number of rotatable bonds is 4. The molecule has 15 heavy (non-hydrogen) atoms. The second kappa shape index (κ2) is 4.47. The van der Waals surface area contributed by atoms with Crippen molar-refractivity contribution in [2.75, 3.05) is 7.11 Å². The molecule has 0 spiro atoms. The Labute approximate surface area is 91.3 Å². The third-order valence-corrected chi connectivity index (χ3v) is 2.66. The first-order valence-electron chi connectivity index (χ1n) is 5.09. The summed E-state index contributed by atoms with van der Waals surface area (Å²) < 4.78 is 5.22. The molecule has 0 saturated heterocycles. The van der Waals surface area contributed by atoms with Gasteiger partial charge in [-0.05, 0) is 35.6 Å². The summed E-state index contributed by atoms with van der Waals surface area (Å²) in [6.45, 7) is 6.16. The highest BCUT2D eigenvalue weighted by molar-refractivity contribution is 5.53. The van der Waals surface area contributed by atoms with Gasteiger partial charge in [-0.25, -0.2) is 0 Å². The van der Waals surface area contributed by atoms with Crippen LogP contribution in [0.5, 0.6) is 5.75 Å². The molecule has 1 aromatic rings. The van der Waals surface area contributed by atoms with Crippen LogP contribution < -0.4 is 4.74 Å². The van der Waals surface area contributed by atoms with E-state index in [2.05, 4.69) is 19.9 Å². The predicted octanol–water partition coefficient (Wildman–Crippen LogP) is 2.87. The van der Waals surface area contributed by atoms with Crippen molar-refractivity contribution in [3.63, 3.8) is 0 Å². The number of ether oxygens (including phenoxy) is 1. The van der Waals surface area contributed by atoms with Gasteiger partial charge in [0.15, 0.2) is 0 Å². The SMILES string of the molecule is COc1cc(C)cc(C(C)(C)CC=O)c1. The van der Waals surface area contributed by atoms with E-state index in [0.717, 1.165) is 23.2 Å². The summed E-state index contributed by atoms with van der Waals surface area (Å²) in [6, 6.07) is 6.09. The Hall–Kier alpha value is -1.31. The lowest BCUT2D eigenvalue weighted by Crippen LogP contribution is -2.17. The maximum absolute atomic E-state index is 10.6. The van der Waals surface area contributed by atoms with Crippen LogP contribution in [0.3, 0.4) is 0 Å². The molecule has 0 unspecified atom stereocenters. The molecule has 0 fully saturated rings. The molecule has 1 rings (SSSR count). The lowest BCUT2D eigenvalue weighted by molar-refractivity contribution is -0.108. The van der Waals surface area contributed by atoms with Gasteiger partial charge in [0, 0.05) is 6.42 Å². The number of methoxy groups -OCH3 is 1. The van der Waals surface area contributed by atoms with Crippen molar-refractivity contribution < 1.29 is 9.53 Å². The van der Waals surface area contributed by atoms with Crippen LogP contribution in [0.15, 0.2) is 18.2 Å². The molecule has 0 radical (unpaired) electrons. The van der Waals surface area contributed by atoms with Crippen LogP contribution in [0, 0.1) is 6.92 Å². The zero-order valence-electron chi connectivity index (χ0n) is 9.83. The van der Waals surface area contributed by atoms with E-state index < -0.39 is 0 Å². The highest BCUT2D eigenvalue weighted by atomic mass is 16.5.